The zero-order valence-electron chi connectivity index (χ0n) is 12.2. The molecule has 4 N–H and O–H groups in total. The van der Waals surface area contributed by atoms with Gasteiger partial charge in [-0.15, -0.1) is 12.4 Å². The molecule has 21 heavy (non-hydrogen) atoms. The third-order valence-electron chi connectivity index (χ3n) is 2.64. The highest BCUT2D eigenvalue weighted by Crippen LogP contribution is 2.32. The average molecular weight is 318 g/mol. The van der Waals surface area contributed by atoms with Crippen molar-refractivity contribution in [1.82, 2.24) is 5.32 Å². The van der Waals surface area contributed by atoms with Crippen LogP contribution in [0.3, 0.4) is 0 Å². The highest BCUT2D eigenvalue weighted by Gasteiger charge is 2.11. The second-order valence-electron chi connectivity index (χ2n) is 4.05. The van der Waals surface area contributed by atoms with Gasteiger partial charge in [-0.1, -0.05) is 0 Å². The van der Waals surface area contributed by atoms with Crippen LogP contribution in [0.25, 0.3) is 0 Å². The van der Waals surface area contributed by atoms with Crippen LogP contribution in [0.2, 0.25) is 0 Å². The molecule has 0 atom stereocenters. The number of aryl methyl sites for hydroxylation is 1. The third kappa shape index (κ3) is 5.49. The molecule has 0 bridgehead atoms. The van der Waals surface area contributed by atoms with Gasteiger partial charge in [0.25, 0.3) is 0 Å². The van der Waals surface area contributed by atoms with E-state index in [1.165, 1.54) is 14.2 Å². The number of benzene rings is 1. The minimum atomic E-state index is -0.385. The number of rotatable bonds is 6. The molecule has 1 aromatic carbocycles. The van der Waals surface area contributed by atoms with E-state index in [1.807, 2.05) is 6.92 Å². The topological polar surface area (TPSA) is 103 Å². The second-order valence-corrected chi connectivity index (χ2v) is 4.05. The molecule has 1 rings (SSSR count). The number of methoxy groups -OCH3 is 2. The number of amides is 2. The van der Waals surface area contributed by atoms with Gasteiger partial charge in [0.1, 0.15) is 0 Å². The fourth-order valence-electron chi connectivity index (χ4n) is 1.56. The fourth-order valence-corrected chi connectivity index (χ4v) is 1.56. The van der Waals surface area contributed by atoms with E-state index in [1.54, 1.807) is 12.1 Å². The minimum Gasteiger partial charge on any atom is -0.493 e. The van der Waals surface area contributed by atoms with Gasteiger partial charge in [0.2, 0.25) is 11.8 Å². The summed E-state index contributed by atoms with van der Waals surface area (Å²) in [7, 11) is 3.05. The van der Waals surface area contributed by atoms with E-state index < -0.39 is 0 Å². The highest BCUT2D eigenvalue weighted by atomic mass is 35.5. The van der Waals surface area contributed by atoms with E-state index in [9.17, 15) is 9.59 Å². The quantitative estimate of drug-likeness (QED) is 0.707. The minimum absolute atomic E-state index is 0. The van der Waals surface area contributed by atoms with Crippen molar-refractivity contribution in [2.24, 2.45) is 5.73 Å². The zero-order valence-corrected chi connectivity index (χ0v) is 13.0. The van der Waals surface area contributed by atoms with E-state index in [-0.39, 0.29) is 37.3 Å². The normalized spacial score (nSPS) is 9.33. The molecule has 0 aliphatic heterocycles. The second kappa shape index (κ2) is 9.04. The first-order chi connectivity index (χ1) is 9.51. The van der Waals surface area contributed by atoms with E-state index in [2.05, 4.69) is 10.6 Å². The Bertz CT molecular complexity index is 508. The highest BCUT2D eigenvalue weighted by molar-refractivity contribution is 5.95. The first-order valence-corrected chi connectivity index (χ1v) is 6.01. The van der Waals surface area contributed by atoms with Crippen LogP contribution in [0.1, 0.15) is 5.56 Å². The van der Waals surface area contributed by atoms with Gasteiger partial charge in [0.15, 0.2) is 11.5 Å². The number of nitrogens with one attached hydrogen (secondary N) is 2. The van der Waals surface area contributed by atoms with Gasteiger partial charge in [-0.25, -0.2) is 0 Å². The Labute approximate surface area is 129 Å². The van der Waals surface area contributed by atoms with Crippen molar-refractivity contribution < 1.29 is 19.1 Å². The Hall–Kier alpha value is -1.99. The number of anilines is 1. The number of nitrogens with two attached hydrogens (primary N) is 1. The summed E-state index contributed by atoms with van der Waals surface area (Å²) in [4.78, 5) is 22.7. The van der Waals surface area contributed by atoms with E-state index in [0.29, 0.717) is 17.2 Å². The fraction of sp³-hybridized carbons (Fsp3) is 0.385. The summed E-state index contributed by atoms with van der Waals surface area (Å²) in [5.74, 6) is 0.366. The van der Waals surface area contributed by atoms with Crippen LogP contribution in [-0.4, -0.2) is 39.1 Å². The summed E-state index contributed by atoms with van der Waals surface area (Å²) in [6, 6.07) is 3.42. The van der Waals surface area contributed by atoms with Crippen LogP contribution in [-0.2, 0) is 9.59 Å². The number of carbonyl (C=O) groups is 2. The molecule has 2 amide bonds. The molecule has 7 nitrogen and oxygen atoms in total. The van der Waals surface area contributed by atoms with Gasteiger partial charge in [0, 0.05) is 11.8 Å². The molecule has 0 saturated carbocycles. The van der Waals surface area contributed by atoms with Crippen molar-refractivity contribution in [2.75, 3.05) is 32.6 Å². The van der Waals surface area contributed by atoms with Gasteiger partial charge in [0.05, 0.1) is 27.3 Å². The first kappa shape index (κ1) is 19.0. The predicted molar refractivity (Wildman–Crippen MR) is 82.2 cm³/mol. The monoisotopic (exact) mass is 317 g/mol. The van der Waals surface area contributed by atoms with E-state index >= 15 is 0 Å². The molecule has 0 saturated heterocycles. The van der Waals surface area contributed by atoms with Crippen molar-refractivity contribution >= 4 is 29.9 Å². The standard InChI is InChI=1S/C13H19N3O4.ClH/c1-8-4-10(19-2)11(20-3)5-9(8)16-13(18)7-15-12(17)6-14;/h4-5H,6-7,14H2,1-3H3,(H,15,17)(H,16,18);1H. The van der Waals surface area contributed by atoms with Crippen LogP contribution in [0, 0.1) is 6.92 Å². The van der Waals surface area contributed by atoms with Crippen LogP contribution in [0.15, 0.2) is 12.1 Å². The molecule has 1 aromatic rings. The van der Waals surface area contributed by atoms with Gasteiger partial charge < -0.3 is 25.8 Å². The molecule has 0 heterocycles. The molecule has 8 heteroatoms. The Morgan fingerprint density at radius 1 is 1.14 bits per heavy atom. The summed E-state index contributed by atoms with van der Waals surface area (Å²) < 4.78 is 10.3. The Morgan fingerprint density at radius 2 is 1.71 bits per heavy atom. The molecule has 0 fully saturated rings. The lowest BCUT2D eigenvalue weighted by Crippen LogP contribution is -2.36. The van der Waals surface area contributed by atoms with Crippen molar-refractivity contribution in [3.05, 3.63) is 17.7 Å². The van der Waals surface area contributed by atoms with Gasteiger partial charge in [-0.05, 0) is 18.6 Å². The summed E-state index contributed by atoms with van der Waals surface area (Å²) in [6.45, 7) is 1.54. The molecular formula is C13H20ClN3O4. The maximum atomic E-state index is 11.7. The number of halogens is 1. The van der Waals surface area contributed by atoms with Crippen molar-refractivity contribution in [3.63, 3.8) is 0 Å². The molecule has 0 aliphatic carbocycles. The predicted octanol–water partition coefficient (Wildman–Crippen LogP) is 0.447. The van der Waals surface area contributed by atoms with E-state index in [0.717, 1.165) is 5.56 Å². The summed E-state index contributed by atoms with van der Waals surface area (Å²) in [5, 5.41) is 5.08. The van der Waals surface area contributed by atoms with Crippen LogP contribution >= 0.6 is 12.4 Å². The largest absolute Gasteiger partial charge is 0.493 e. The SMILES string of the molecule is COc1cc(C)c(NC(=O)CNC(=O)CN)cc1OC.Cl. The molecule has 0 radical (unpaired) electrons. The Kier molecular flexibility index (Phi) is 8.18. The molecule has 118 valence electrons. The lowest BCUT2D eigenvalue weighted by Gasteiger charge is -2.13. The van der Waals surface area contributed by atoms with Gasteiger partial charge >= 0.3 is 0 Å². The van der Waals surface area contributed by atoms with E-state index in [4.69, 9.17) is 15.2 Å². The van der Waals surface area contributed by atoms with Crippen molar-refractivity contribution in [2.45, 2.75) is 6.92 Å². The Morgan fingerprint density at radius 3 is 2.24 bits per heavy atom. The maximum absolute atomic E-state index is 11.7. The third-order valence-corrected chi connectivity index (χ3v) is 2.64. The summed E-state index contributed by atoms with van der Waals surface area (Å²) in [6.07, 6.45) is 0. The first-order valence-electron chi connectivity index (χ1n) is 6.01. The summed E-state index contributed by atoms with van der Waals surface area (Å²) in [5.41, 5.74) is 6.54. The smallest absolute Gasteiger partial charge is 0.243 e. The van der Waals surface area contributed by atoms with Crippen molar-refractivity contribution in [3.8, 4) is 11.5 Å². The zero-order chi connectivity index (χ0) is 15.1. The van der Waals surface area contributed by atoms with Crippen LogP contribution in [0.4, 0.5) is 5.69 Å². The summed E-state index contributed by atoms with van der Waals surface area (Å²) >= 11 is 0. The number of carbonyl (C=O) groups excluding carboxylic acids is 2. The number of hydrogen-bond acceptors (Lipinski definition) is 5. The molecular weight excluding hydrogens is 298 g/mol. The lowest BCUT2D eigenvalue weighted by molar-refractivity contribution is -0.123. The average Bonchev–Trinajstić information content (AvgIpc) is 2.46. The van der Waals surface area contributed by atoms with Gasteiger partial charge in [-0.2, -0.15) is 0 Å². The molecule has 0 unspecified atom stereocenters. The van der Waals surface area contributed by atoms with Crippen molar-refractivity contribution in [1.29, 1.82) is 0 Å². The van der Waals surface area contributed by atoms with Gasteiger partial charge in [-0.3, -0.25) is 9.59 Å². The maximum Gasteiger partial charge on any atom is 0.243 e. The number of hydrogen-bond donors (Lipinski definition) is 3. The molecule has 0 aromatic heterocycles. The number of ether oxygens (including phenoxy) is 2. The van der Waals surface area contributed by atoms with Crippen LogP contribution < -0.4 is 25.8 Å². The molecule has 0 spiro atoms. The Balaban J connectivity index is 0.00000400. The van der Waals surface area contributed by atoms with Crippen LogP contribution in [0.5, 0.6) is 11.5 Å². The molecule has 0 aliphatic rings. The lowest BCUT2D eigenvalue weighted by atomic mass is 10.1.